The fourth-order valence-electron chi connectivity index (χ4n) is 1.95. The van der Waals surface area contributed by atoms with Gasteiger partial charge < -0.3 is 9.47 Å². The van der Waals surface area contributed by atoms with Crippen molar-refractivity contribution in [3.8, 4) is 0 Å². The van der Waals surface area contributed by atoms with E-state index in [0.717, 1.165) is 25.7 Å². The smallest absolute Gasteiger partial charge is 0.335 e. The van der Waals surface area contributed by atoms with E-state index in [1.165, 1.54) is 12.8 Å². The summed E-state index contributed by atoms with van der Waals surface area (Å²) in [5.41, 5.74) is 0. The predicted molar refractivity (Wildman–Crippen MR) is 63.2 cm³/mol. The van der Waals surface area contributed by atoms with E-state index in [4.69, 9.17) is 9.47 Å². The minimum absolute atomic E-state index is 0.160. The molecule has 2 unspecified atom stereocenters. The second-order valence-corrected chi connectivity index (χ2v) is 4.55. The van der Waals surface area contributed by atoms with Gasteiger partial charge in [0, 0.05) is 6.61 Å². The number of unbranched alkanes of at least 4 members (excludes halogenated alkanes) is 1. The number of carbonyl (C=O) groups is 1. The van der Waals surface area contributed by atoms with E-state index in [2.05, 4.69) is 13.8 Å². The molecule has 1 heterocycles. The Bertz CT molecular complexity index is 197. The Labute approximate surface area is 98.5 Å². The van der Waals surface area contributed by atoms with Crippen molar-refractivity contribution in [2.75, 3.05) is 13.2 Å². The Morgan fingerprint density at radius 3 is 2.88 bits per heavy atom. The number of esters is 1. The number of ether oxygens (including phenoxy) is 2. The van der Waals surface area contributed by atoms with E-state index in [1.54, 1.807) is 0 Å². The van der Waals surface area contributed by atoms with Crippen LogP contribution in [0.4, 0.5) is 0 Å². The monoisotopic (exact) mass is 228 g/mol. The van der Waals surface area contributed by atoms with Crippen LogP contribution in [0.3, 0.4) is 0 Å². The van der Waals surface area contributed by atoms with Crippen LogP contribution in [0.5, 0.6) is 0 Å². The topological polar surface area (TPSA) is 35.5 Å². The first-order valence-corrected chi connectivity index (χ1v) is 6.56. The molecule has 0 aromatic rings. The van der Waals surface area contributed by atoms with Crippen LogP contribution in [-0.4, -0.2) is 25.3 Å². The summed E-state index contributed by atoms with van der Waals surface area (Å²) >= 11 is 0. The SMILES string of the molecule is CCCCC(CC)COC(=O)C1CCCO1. The molecule has 0 N–H and O–H groups in total. The molecule has 3 heteroatoms. The van der Waals surface area contributed by atoms with Gasteiger partial charge in [-0.2, -0.15) is 0 Å². The van der Waals surface area contributed by atoms with Crippen molar-refractivity contribution in [1.29, 1.82) is 0 Å². The third-order valence-electron chi connectivity index (χ3n) is 3.20. The van der Waals surface area contributed by atoms with Gasteiger partial charge in [0.1, 0.15) is 0 Å². The highest BCUT2D eigenvalue weighted by molar-refractivity contribution is 5.74. The molecule has 0 bridgehead atoms. The van der Waals surface area contributed by atoms with Crippen LogP contribution in [0.15, 0.2) is 0 Å². The van der Waals surface area contributed by atoms with E-state index < -0.39 is 0 Å². The van der Waals surface area contributed by atoms with Gasteiger partial charge in [0.05, 0.1) is 6.61 Å². The average molecular weight is 228 g/mol. The molecule has 16 heavy (non-hydrogen) atoms. The minimum Gasteiger partial charge on any atom is -0.463 e. The van der Waals surface area contributed by atoms with Crippen molar-refractivity contribution in [1.82, 2.24) is 0 Å². The zero-order valence-corrected chi connectivity index (χ0v) is 10.5. The van der Waals surface area contributed by atoms with Gasteiger partial charge in [-0.15, -0.1) is 0 Å². The Morgan fingerprint density at radius 2 is 2.31 bits per heavy atom. The maximum Gasteiger partial charge on any atom is 0.335 e. The third kappa shape index (κ3) is 4.52. The van der Waals surface area contributed by atoms with Crippen molar-refractivity contribution in [3.05, 3.63) is 0 Å². The molecule has 94 valence electrons. The standard InChI is InChI=1S/C13H24O3/c1-3-5-7-11(4-2)10-16-13(14)12-8-6-9-15-12/h11-12H,3-10H2,1-2H3. The molecule has 0 aromatic heterocycles. The quantitative estimate of drug-likeness (QED) is 0.628. The number of hydrogen-bond acceptors (Lipinski definition) is 3. The zero-order valence-electron chi connectivity index (χ0n) is 10.5. The largest absolute Gasteiger partial charge is 0.463 e. The fourth-order valence-corrected chi connectivity index (χ4v) is 1.95. The van der Waals surface area contributed by atoms with Crippen molar-refractivity contribution in [2.45, 2.75) is 58.5 Å². The first kappa shape index (κ1) is 13.5. The summed E-state index contributed by atoms with van der Waals surface area (Å²) in [4.78, 5) is 11.6. The van der Waals surface area contributed by atoms with Gasteiger partial charge in [-0.1, -0.05) is 33.1 Å². The lowest BCUT2D eigenvalue weighted by Gasteiger charge is -2.16. The highest BCUT2D eigenvalue weighted by atomic mass is 16.6. The van der Waals surface area contributed by atoms with Crippen molar-refractivity contribution in [2.24, 2.45) is 5.92 Å². The molecule has 3 nitrogen and oxygen atoms in total. The molecular weight excluding hydrogens is 204 g/mol. The van der Waals surface area contributed by atoms with Crippen molar-refractivity contribution in [3.63, 3.8) is 0 Å². The molecule has 0 amide bonds. The molecule has 1 aliphatic rings. The Morgan fingerprint density at radius 1 is 1.50 bits per heavy atom. The summed E-state index contributed by atoms with van der Waals surface area (Å²) in [7, 11) is 0. The molecule has 2 atom stereocenters. The molecule has 0 aromatic carbocycles. The highest BCUT2D eigenvalue weighted by Crippen LogP contribution is 2.16. The normalized spacial score (nSPS) is 22.0. The van der Waals surface area contributed by atoms with Gasteiger partial charge in [-0.25, -0.2) is 4.79 Å². The zero-order chi connectivity index (χ0) is 11.8. The summed E-state index contributed by atoms with van der Waals surface area (Å²) in [6.07, 6.45) is 6.18. The summed E-state index contributed by atoms with van der Waals surface area (Å²) < 4.78 is 10.6. The molecule has 0 spiro atoms. The first-order chi connectivity index (χ1) is 7.77. The number of rotatable bonds is 7. The molecular formula is C13H24O3. The molecule has 1 aliphatic heterocycles. The lowest BCUT2D eigenvalue weighted by atomic mass is 10.0. The van der Waals surface area contributed by atoms with Gasteiger partial charge in [0.15, 0.2) is 6.10 Å². The predicted octanol–water partition coefficient (Wildman–Crippen LogP) is 2.93. The maximum atomic E-state index is 11.6. The van der Waals surface area contributed by atoms with Gasteiger partial charge in [-0.05, 0) is 25.2 Å². The van der Waals surface area contributed by atoms with Crippen LogP contribution in [0.1, 0.15) is 52.4 Å². The summed E-state index contributed by atoms with van der Waals surface area (Å²) in [5.74, 6) is 0.359. The summed E-state index contributed by atoms with van der Waals surface area (Å²) in [6.45, 7) is 5.60. The van der Waals surface area contributed by atoms with Gasteiger partial charge in [0.25, 0.3) is 0 Å². The van der Waals surface area contributed by atoms with Gasteiger partial charge >= 0.3 is 5.97 Å². The summed E-state index contributed by atoms with van der Waals surface area (Å²) in [5, 5.41) is 0. The number of carbonyl (C=O) groups excluding carboxylic acids is 1. The van der Waals surface area contributed by atoms with E-state index in [-0.39, 0.29) is 12.1 Å². The molecule has 1 fully saturated rings. The Kier molecular flexibility index (Phi) is 6.46. The van der Waals surface area contributed by atoms with Crippen molar-refractivity contribution < 1.29 is 14.3 Å². The molecule has 0 saturated carbocycles. The van der Waals surface area contributed by atoms with Crippen LogP contribution in [0.2, 0.25) is 0 Å². The lowest BCUT2D eigenvalue weighted by Crippen LogP contribution is -2.24. The Hall–Kier alpha value is -0.570. The summed E-state index contributed by atoms with van der Waals surface area (Å²) in [6, 6.07) is 0. The van der Waals surface area contributed by atoms with Crippen LogP contribution >= 0.6 is 0 Å². The van der Waals surface area contributed by atoms with E-state index >= 15 is 0 Å². The molecule has 0 radical (unpaired) electrons. The van der Waals surface area contributed by atoms with E-state index in [9.17, 15) is 4.79 Å². The minimum atomic E-state index is -0.288. The number of hydrogen-bond donors (Lipinski definition) is 0. The van der Waals surface area contributed by atoms with E-state index in [0.29, 0.717) is 19.1 Å². The maximum absolute atomic E-state index is 11.6. The van der Waals surface area contributed by atoms with Crippen LogP contribution < -0.4 is 0 Å². The molecule has 1 rings (SSSR count). The van der Waals surface area contributed by atoms with Crippen LogP contribution in [0, 0.1) is 5.92 Å². The first-order valence-electron chi connectivity index (χ1n) is 6.56. The molecule has 1 saturated heterocycles. The molecule has 0 aliphatic carbocycles. The second kappa shape index (κ2) is 7.66. The highest BCUT2D eigenvalue weighted by Gasteiger charge is 2.25. The van der Waals surface area contributed by atoms with Crippen LogP contribution in [0.25, 0.3) is 0 Å². The fraction of sp³-hybridized carbons (Fsp3) is 0.923. The lowest BCUT2D eigenvalue weighted by molar-refractivity contribution is -0.155. The van der Waals surface area contributed by atoms with Gasteiger partial charge in [0.2, 0.25) is 0 Å². The van der Waals surface area contributed by atoms with Crippen LogP contribution in [-0.2, 0) is 14.3 Å². The second-order valence-electron chi connectivity index (χ2n) is 4.55. The average Bonchev–Trinajstić information content (AvgIpc) is 2.82. The van der Waals surface area contributed by atoms with Gasteiger partial charge in [-0.3, -0.25) is 0 Å². The van der Waals surface area contributed by atoms with Crippen molar-refractivity contribution >= 4 is 5.97 Å². The Balaban J connectivity index is 2.17. The van der Waals surface area contributed by atoms with E-state index in [1.807, 2.05) is 0 Å². The third-order valence-corrected chi connectivity index (χ3v) is 3.20.